The quantitative estimate of drug-likeness (QED) is 0.895. The van der Waals surface area contributed by atoms with E-state index in [-0.39, 0.29) is 23.5 Å². The Morgan fingerprint density at radius 3 is 2.59 bits per heavy atom. The van der Waals surface area contributed by atoms with Crippen molar-refractivity contribution in [3.63, 3.8) is 0 Å². The highest BCUT2D eigenvalue weighted by molar-refractivity contribution is 9.10. The Bertz CT molecular complexity index is 509. The summed E-state index contributed by atoms with van der Waals surface area (Å²) >= 11 is 4.66. The molecule has 2 heterocycles. The smallest absolute Gasteiger partial charge is 0.261 e. The number of sulfone groups is 1. The van der Waals surface area contributed by atoms with Gasteiger partial charge in [-0.2, -0.15) is 0 Å². The first kappa shape index (κ1) is 13.0. The molecule has 7 heteroatoms. The van der Waals surface area contributed by atoms with Crippen molar-refractivity contribution in [1.29, 1.82) is 0 Å². The average molecular weight is 338 g/mol. The SMILES string of the molecule is O=C(NC1CCS(=O)(=O)CC1)c1cc(Br)cs1. The zero-order valence-electron chi connectivity index (χ0n) is 8.98. The first-order chi connectivity index (χ1) is 7.96. The largest absolute Gasteiger partial charge is 0.349 e. The lowest BCUT2D eigenvalue weighted by molar-refractivity contribution is 0.0938. The van der Waals surface area contributed by atoms with Crippen molar-refractivity contribution in [3.8, 4) is 0 Å². The van der Waals surface area contributed by atoms with Gasteiger partial charge in [0.25, 0.3) is 5.91 Å². The maximum absolute atomic E-state index is 11.8. The van der Waals surface area contributed by atoms with Crippen molar-refractivity contribution in [1.82, 2.24) is 5.32 Å². The van der Waals surface area contributed by atoms with Crippen LogP contribution < -0.4 is 5.32 Å². The number of hydrogen-bond donors (Lipinski definition) is 1. The molecule has 0 unspecified atom stereocenters. The number of carbonyl (C=O) groups excluding carboxylic acids is 1. The second-order valence-electron chi connectivity index (χ2n) is 4.03. The van der Waals surface area contributed by atoms with Gasteiger partial charge < -0.3 is 5.32 Å². The summed E-state index contributed by atoms with van der Waals surface area (Å²) in [6.45, 7) is 0. The molecule has 94 valence electrons. The molecular weight excluding hydrogens is 326 g/mol. The zero-order chi connectivity index (χ0) is 12.5. The van der Waals surface area contributed by atoms with Crippen LogP contribution in [0.5, 0.6) is 0 Å². The molecule has 1 aliphatic rings. The predicted molar refractivity (Wildman–Crippen MR) is 71.2 cm³/mol. The van der Waals surface area contributed by atoms with Gasteiger partial charge in [-0.05, 0) is 34.8 Å². The molecule has 4 nitrogen and oxygen atoms in total. The van der Waals surface area contributed by atoms with Gasteiger partial charge in [0.05, 0.1) is 16.4 Å². The predicted octanol–water partition coefficient (Wildman–Crippen LogP) is 1.82. The number of nitrogens with one attached hydrogen (secondary N) is 1. The average Bonchev–Trinajstić information content (AvgIpc) is 2.68. The Morgan fingerprint density at radius 2 is 2.06 bits per heavy atom. The van der Waals surface area contributed by atoms with E-state index in [1.165, 1.54) is 11.3 Å². The molecule has 17 heavy (non-hydrogen) atoms. The number of thiophene rings is 1. The summed E-state index contributed by atoms with van der Waals surface area (Å²) in [6, 6.07) is 1.74. The van der Waals surface area contributed by atoms with Gasteiger partial charge in [0.1, 0.15) is 9.84 Å². The van der Waals surface area contributed by atoms with Crippen LogP contribution in [-0.2, 0) is 9.84 Å². The Hall–Kier alpha value is -0.400. The minimum absolute atomic E-state index is 0.0214. The summed E-state index contributed by atoms with van der Waals surface area (Å²) in [5.41, 5.74) is 0. The van der Waals surface area contributed by atoms with E-state index >= 15 is 0 Å². The summed E-state index contributed by atoms with van der Waals surface area (Å²) in [7, 11) is -2.87. The van der Waals surface area contributed by atoms with Crippen molar-refractivity contribution >= 4 is 43.0 Å². The van der Waals surface area contributed by atoms with E-state index in [1.54, 1.807) is 6.07 Å². The summed E-state index contributed by atoms with van der Waals surface area (Å²) < 4.78 is 23.4. The first-order valence-corrected chi connectivity index (χ1v) is 8.71. The zero-order valence-corrected chi connectivity index (χ0v) is 12.2. The van der Waals surface area contributed by atoms with Crippen LogP contribution in [0.1, 0.15) is 22.5 Å². The number of rotatable bonds is 2. The van der Waals surface area contributed by atoms with Crippen molar-refractivity contribution < 1.29 is 13.2 Å². The summed E-state index contributed by atoms with van der Waals surface area (Å²) in [5.74, 6) is 0.225. The highest BCUT2D eigenvalue weighted by Gasteiger charge is 2.25. The van der Waals surface area contributed by atoms with Crippen LogP contribution in [0.15, 0.2) is 15.9 Å². The fourth-order valence-electron chi connectivity index (χ4n) is 1.72. The summed E-state index contributed by atoms with van der Waals surface area (Å²) in [4.78, 5) is 12.5. The molecule has 0 spiro atoms. The molecule has 0 radical (unpaired) electrons. The van der Waals surface area contributed by atoms with E-state index in [9.17, 15) is 13.2 Å². The monoisotopic (exact) mass is 337 g/mol. The van der Waals surface area contributed by atoms with Crippen LogP contribution in [0.2, 0.25) is 0 Å². The van der Waals surface area contributed by atoms with Crippen LogP contribution in [0.3, 0.4) is 0 Å². The highest BCUT2D eigenvalue weighted by atomic mass is 79.9. The molecule has 1 amide bonds. The van der Waals surface area contributed by atoms with Crippen LogP contribution in [0.4, 0.5) is 0 Å². The molecule has 0 bridgehead atoms. The highest BCUT2D eigenvalue weighted by Crippen LogP contribution is 2.20. The van der Waals surface area contributed by atoms with E-state index in [0.29, 0.717) is 17.7 Å². The van der Waals surface area contributed by atoms with Crippen LogP contribution in [0.25, 0.3) is 0 Å². The third-order valence-electron chi connectivity index (χ3n) is 2.68. The lowest BCUT2D eigenvalue weighted by Crippen LogP contribution is -2.40. The van der Waals surface area contributed by atoms with Gasteiger partial charge in [0.15, 0.2) is 0 Å². The molecule has 1 saturated heterocycles. The lowest BCUT2D eigenvalue weighted by atomic mass is 10.1. The topological polar surface area (TPSA) is 63.2 Å². The minimum Gasteiger partial charge on any atom is -0.349 e. The van der Waals surface area contributed by atoms with Gasteiger partial charge in [0.2, 0.25) is 0 Å². The molecule has 0 saturated carbocycles. The van der Waals surface area contributed by atoms with E-state index in [0.717, 1.165) is 4.47 Å². The maximum atomic E-state index is 11.8. The van der Waals surface area contributed by atoms with Crippen molar-refractivity contribution in [2.45, 2.75) is 18.9 Å². The molecular formula is C10H12BrNO3S2. The summed E-state index contributed by atoms with van der Waals surface area (Å²) in [5, 5.41) is 4.72. The molecule has 0 aromatic carbocycles. The third kappa shape index (κ3) is 3.53. The Balaban J connectivity index is 1.92. The van der Waals surface area contributed by atoms with Crippen LogP contribution >= 0.6 is 27.3 Å². The lowest BCUT2D eigenvalue weighted by Gasteiger charge is -2.22. The van der Waals surface area contributed by atoms with E-state index in [1.807, 2.05) is 5.38 Å². The van der Waals surface area contributed by atoms with Gasteiger partial charge in [-0.1, -0.05) is 0 Å². The maximum Gasteiger partial charge on any atom is 0.261 e. The van der Waals surface area contributed by atoms with E-state index < -0.39 is 9.84 Å². The van der Waals surface area contributed by atoms with Gasteiger partial charge in [0, 0.05) is 15.9 Å². The van der Waals surface area contributed by atoms with Gasteiger partial charge in [-0.15, -0.1) is 11.3 Å². The molecule has 1 aliphatic heterocycles. The van der Waals surface area contributed by atoms with Crippen molar-refractivity contribution in [2.75, 3.05) is 11.5 Å². The normalized spacial score (nSPS) is 20.1. The number of amides is 1. The minimum atomic E-state index is -2.87. The fourth-order valence-corrected chi connectivity index (χ4v) is 4.54. The van der Waals surface area contributed by atoms with Crippen molar-refractivity contribution in [2.24, 2.45) is 0 Å². The summed E-state index contributed by atoms with van der Waals surface area (Å²) in [6.07, 6.45) is 1.03. The van der Waals surface area contributed by atoms with E-state index in [2.05, 4.69) is 21.2 Å². The Labute approximate surface area is 112 Å². The standard InChI is InChI=1S/C10H12BrNO3S2/c11-7-5-9(16-6-7)10(13)12-8-1-3-17(14,15)4-2-8/h5-6,8H,1-4H2,(H,12,13). The van der Waals surface area contributed by atoms with Gasteiger partial charge in [-0.3, -0.25) is 4.79 Å². The molecule has 1 aromatic rings. The Kier molecular flexibility index (Phi) is 3.89. The fraction of sp³-hybridized carbons (Fsp3) is 0.500. The molecule has 2 rings (SSSR count). The Morgan fingerprint density at radius 1 is 1.41 bits per heavy atom. The first-order valence-electron chi connectivity index (χ1n) is 5.21. The number of halogens is 1. The molecule has 1 fully saturated rings. The van der Waals surface area contributed by atoms with Gasteiger partial charge in [-0.25, -0.2) is 8.42 Å². The molecule has 1 aromatic heterocycles. The second kappa shape index (κ2) is 5.07. The van der Waals surface area contributed by atoms with Crippen molar-refractivity contribution in [3.05, 3.63) is 20.8 Å². The second-order valence-corrected chi connectivity index (χ2v) is 8.16. The van der Waals surface area contributed by atoms with Crippen LogP contribution in [0, 0.1) is 0 Å². The number of hydrogen-bond acceptors (Lipinski definition) is 4. The third-order valence-corrected chi connectivity index (χ3v) is 6.09. The van der Waals surface area contributed by atoms with Gasteiger partial charge >= 0.3 is 0 Å². The number of carbonyl (C=O) groups is 1. The molecule has 0 atom stereocenters. The van der Waals surface area contributed by atoms with E-state index in [4.69, 9.17) is 0 Å². The molecule has 0 aliphatic carbocycles. The van der Waals surface area contributed by atoms with Crippen LogP contribution in [-0.4, -0.2) is 31.9 Å². The molecule has 1 N–H and O–H groups in total.